The number of aromatic nitrogens is 1. The van der Waals surface area contributed by atoms with E-state index in [1.165, 1.54) is 18.2 Å². The second kappa shape index (κ2) is 6.22. The van der Waals surface area contributed by atoms with Crippen LogP contribution in [0.25, 0.3) is 10.9 Å². The zero-order valence-corrected chi connectivity index (χ0v) is 13.8. The minimum absolute atomic E-state index is 0.334. The predicted octanol–water partition coefficient (Wildman–Crippen LogP) is 3.73. The Hall–Kier alpha value is -3.28. The van der Waals surface area contributed by atoms with Crippen molar-refractivity contribution in [3.05, 3.63) is 66.6 Å². The fourth-order valence-electron chi connectivity index (χ4n) is 2.95. The van der Waals surface area contributed by atoms with Crippen molar-refractivity contribution in [1.82, 2.24) is 4.98 Å². The van der Waals surface area contributed by atoms with E-state index >= 15 is 0 Å². The van der Waals surface area contributed by atoms with Gasteiger partial charge in [-0.15, -0.1) is 0 Å². The molecule has 2 N–H and O–H groups in total. The maximum Gasteiger partial charge on any atom is 0.240 e. The first-order chi connectivity index (χ1) is 12.6. The number of hydrogen-bond acceptors (Lipinski definition) is 3. The molecule has 1 aromatic heterocycles. The second-order valence-corrected chi connectivity index (χ2v) is 6.38. The topological polar surface area (TPSA) is 71.1 Å². The minimum atomic E-state index is -1.12. The molecule has 6 heteroatoms. The number of nitrogens with zero attached hydrogens (tertiary/aromatic N) is 1. The van der Waals surface area contributed by atoms with Crippen molar-refractivity contribution in [1.29, 1.82) is 0 Å². The van der Waals surface area contributed by atoms with Crippen LogP contribution in [0.2, 0.25) is 0 Å². The molecule has 0 aliphatic heterocycles. The van der Waals surface area contributed by atoms with Crippen LogP contribution in [0, 0.1) is 11.2 Å². The number of benzene rings is 2. The van der Waals surface area contributed by atoms with E-state index in [1.807, 2.05) is 24.3 Å². The van der Waals surface area contributed by atoms with Crippen LogP contribution in [0.15, 0.2) is 60.8 Å². The Morgan fingerprint density at radius 3 is 2.46 bits per heavy atom. The zero-order chi connectivity index (χ0) is 18.1. The highest BCUT2D eigenvalue weighted by Gasteiger charge is 2.56. The van der Waals surface area contributed by atoms with Crippen LogP contribution in [-0.2, 0) is 9.59 Å². The summed E-state index contributed by atoms with van der Waals surface area (Å²) in [6.45, 7) is 0. The Morgan fingerprint density at radius 1 is 0.962 bits per heavy atom. The number of pyridine rings is 1. The van der Waals surface area contributed by atoms with Gasteiger partial charge in [-0.2, -0.15) is 0 Å². The molecule has 2 aromatic carbocycles. The number of nitrogens with one attached hydrogen (secondary N) is 2. The summed E-state index contributed by atoms with van der Waals surface area (Å²) in [7, 11) is 0. The Morgan fingerprint density at radius 2 is 1.69 bits per heavy atom. The molecule has 1 fully saturated rings. The molecule has 3 aromatic rings. The lowest BCUT2D eigenvalue weighted by atomic mass is 10.0. The molecule has 0 unspecified atom stereocenters. The van der Waals surface area contributed by atoms with Gasteiger partial charge in [0.05, 0.1) is 11.2 Å². The van der Waals surface area contributed by atoms with Gasteiger partial charge in [0.15, 0.2) is 0 Å². The van der Waals surface area contributed by atoms with Crippen molar-refractivity contribution in [3.8, 4) is 0 Å². The van der Waals surface area contributed by atoms with Crippen molar-refractivity contribution >= 4 is 34.1 Å². The molecule has 0 saturated heterocycles. The first-order valence-corrected chi connectivity index (χ1v) is 8.31. The van der Waals surface area contributed by atoms with Crippen molar-refractivity contribution in [2.45, 2.75) is 12.8 Å². The molecule has 0 atom stereocenters. The van der Waals surface area contributed by atoms with Crippen LogP contribution in [-0.4, -0.2) is 16.8 Å². The van der Waals surface area contributed by atoms with Gasteiger partial charge in [0.2, 0.25) is 11.8 Å². The molecular formula is C20H16FN3O2. The van der Waals surface area contributed by atoms with E-state index in [4.69, 9.17) is 0 Å². The van der Waals surface area contributed by atoms with E-state index in [1.54, 1.807) is 18.3 Å². The van der Waals surface area contributed by atoms with Crippen LogP contribution < -0.4 is 10.6 Å². The van der Waals surface area contributed by atoms with Gasteiger partial charge < -0.3 is 10.6 Å². The molecule has 1 heterocycles. The third kappa shape index (κ3) is 2.90. The molecule has 1 aliphatic carbocycles. The van der Waals surface area contributed by atoms with Crippen molar-refractivity contribution in [2.24, 2.45) is 5.41 Å². The van der Waals surface area contributed by atoms with Crippen LogP contribution >= 0.6 is 0 Å². The number of rotatable bonds is 4. The van der Waals surface area contributed by atoms with Gasteiger partial charge in [0.25, 0.3) is 0 Å². The number of halogens is 1. The summed E-state index contributed by atoms with van der Waals surface area (Å²) in [5.74, 6) is -1.24. The second-order valence-electron chi connectivity index (χ2n) is 6.38. The third-order valence-electron chi connectivity index (χ3n) is 4.58. The van der Waals surface area contributed by atoms with Crippen molar-refractivity contribution in [2.75, 3.05) is 10.6 Å². The third-order valence-corrected chi connectivity index (χ3v) is 4.58. The fraction of sp³-hybridized carbons (Fsp3) is 0.150. The van der Waals surface area contributed by atoms with Gasteiger partial charge >= 0.3 is 0 Å². The predicted molar refractivity (Wildman–Crippen MR) is 97.1 cm³/mol. The van der Waals surface area contributed by atoms with E-state index in [2.05, 4.69) is 15.6 Å². The average molecular weight is 349 g/mol. The number of amides is 2. The Balaban J connectivity index is 1.54. The summed E-state index contributed by atoms with van der Waals surface area (Å²) in [4.78, 5) is 29.7. The normalized spacial score (nSPS) is 14.7. The van der Waals surface area contributed by atoms with Gasteiger partial charge in [-0.3, -0.25) is 14.6 Å². The van der Waals surface area contributed by atoms with E-state index in [0.717, 1.165) is 5.39 Å². The van der Waals surface area contributed by atoms with E-state index in [9.17, 15) is 14.0 Å². The Labute approximate surface area is 149 Å². The minimum Gasteiger partial charge on any atom is -0.325 e. The summed E-state index contributed by atoms with van der Waals surface area (Å²) < 4.78 is 13.3. The summed E-state index contributed by atoms with van der Waals surface area (Å²) in [6, 6.07) is 14.8. The lowest BCUT2D eigenvalue weighted by Gasteiger charge is -2.16. The molecule has 4 rings (SSSR count). The van der Waals surface area contributed by atoms with Crippen molar-refractivity contribution in [3.63, 3.8) is 0 Å². The lowest BCUT2D eigenvalue weighted by molar-refractivity contribution is -0.131. The monoisotopic (exact) mass is 349 g/mol. The summed E-state index contributed by atoms with van der Waals surface area (Å²) in [5.41, 5.74) is 0.451. The van der Waals surface area contributed by atoms with Crippen LogP contribution in [0.3, 0.4) is 0 Å². The maximum absolute atomic E-state index is 13.3. The fourth-order valence-corrected chi connectivity index (χ4v) is 2.95. The first kappa shape index (κ1) is 16.2. The smallest absolute Gasteiger partial charge is 0.240 e. The molecule has 0 radical (unpaired) electrons. The Bertz CT molecular complexity index is 1010. The number of carbonyl (C=O) groups excluding carboxylic acids is 2. The van der Waals surface area contributed by atoms with E-state index < -0.39 is 17.1 Å². The lowest BCUT2D eigenvalue weighted by Crippen LogP contribution is -2.35. The molecule has 26 heavy (non-hydrogen) atoms. The summed E-state index contributed by atoms with van der Waals surface area (Å²) in [5, 5.41) is 6.37. The van der Waals surface area contributed by atoms with Gasteiger partial charge in [-0.25, -0.2) is 4.39 Å². The van der Waals surface area contributed by atoms with E-state index in [-0.39, 0.29) is 5.91 Å². The standard InChI is InChI=1S/C20H16FN3O2/c21-14-6-2-7-15(12-14)23-18(25)20(9-10-20)19(26)24-16-8-1-4-13-5-3-11-22-17(13)16/h1-8,11-12H,9-10H2,(H,23,25)(H,24,26). The van der Waals surface area contributed by atoms with E-state index in [0.29, 0.717) is 29.7 Å². The van der Waals surface area contributed by atoms with Crippen LogP contribution in [0.4, 0.5) is 15.8 Å². The van der Waals surface area contributed by atoms with Gasteiger partial charge in [0, 0.05) is 17.3 Å². The highest BCUT2D eigenvalue weighted by atomic mass is 19.1. The van der Waals surface area contributed by atoms with Gasteiger partial charge in [-0.05, 0) is 43.2 Å². The highest BCUT2D eigenvalue weighted by molar-refractivity contribution is 6.18. The molecule has 130 valence electrons. The molecule has 1 aliphatic rings. The van der Waals surface area contributed by atoms with Gasteiger partial charge in [0.1, 0.15) is 11.2 Å². The largest absolute Gasteiger partial charge is 0.325 e. The number of carbonyl (C=O) groups is 2. The highest BCUT2D eigenvalue weighted by Crippen LogP contribution is 2.47. The number of anilines is 2. The molecule has 0 bridgehead atoms. The van der Waals surface area contributed by atoms with Crippen molar-refractivity contribution < 1.29 is 14.0 Å². The van der Waals surface area contributed by atoms with Crippen LogP contribution in [0.1, 0.15) is 12.8 Å². The maximum atomic E-state index is 13.3. The number of hydrogen-bond donors (Lipinski definition) is 2. The summed E-state index contributed by atoms with van der Waals surface area (Å²) >= 11 is 0. The molecule has 2 amide bonds. The average Bonchev–Trinajstić information content (AvgIpc) is 3.44. The number of fused-ring (bicyclic) bond motifs is 1. The zero-order valence-electron chi connectivity index (χ0n) is 13.8. The SMILES string of the molecule is O=C(Nc1cccc(F)c1)C1(C(=O)Nc2cccc3cccnc23)CC1. The van der Waals surface area contributed by atoms with Gasteiger partial charge in [-0.1, -0.05) is 24.3 Å². The molecule has 1 saturated carbocycles. The van der Waals surface area contributed by atoms with Crippen LogP contribution in [0.5, 0.6) is 0 Å². The molecule has 0 spiro atoms. The Kier molecular flexibility index (Phi) is 3.88. The molecule has 5 nitrogen and oxygen atoms in total. The quantitative estimate of drug-likeness (QED) is 0.705. The summed E-state index contributed by atoms with van der Waals surface area (Å²) in [6.07, 6.45) is 2.57. The number of para-hydroxylation sites is 1. The first-order valence-electron chi connectivity index (χ1n) is 8.31. The molecular weight excluding hydrogens is 333 g/mol.